The molecule has 0 spiro atoms. The van der Waals surface area contributed by atoms with Crippen LogP contribution in [0.4, 0.5) is 11.6 Å². The van der Waals surface area contributed by atoms with Gasteiger partial charge in [-0.15, -0.1) is 0 Å². The highest BCUT2D eigenvalue weighted by Gasteiger charge is 2.24. The predicted octanol–water partition coefficient (Wildman–Crippen LogP) is 8.54. The van der Waals surface area contributed by atoms with E-state index >= 15 is 0 Å². The lowest BCUT2D eigenvalue weighted by atomic mass is 9.97. The van der Waals surface area contributed by atoms with E-state index in [1.54, 1.807) is 0 Å². The summed E-state index contributed by atoms with van der Waals surface area (Å²) in [6, 6.07) is 19.5. The molecule has 3 heterocycles. The van der Waals surface area contributed by atoms with Crippen LogP contribution >= 0.6 is 0 Å². The molecular formula is C48H68N6O3. The number of nitrogen functional groups attached to an aromatic ring is 2. The van der Waals surface area contributed by atoms with Gasteiger partial charge in [-0.25, -0.2) is 9.97 Å². The van der Waals surface area contributed by atoms with Crippen molar-refractivity contribution in [3.8, 4) is 5.75 Å². The van der Waals surface area contributed by atoms with Gasteiger partial charge in [0.1, 0.15) is 17.4 Å². The third kappa shape index (κ3) is 13.7. The molecule has 308 valence electrons. The zero-order chi connectivity index (χ0) is 40.9. The van der Waals surface area contributed by atoms with Gasteiger partial charge in [0.2, 0.25) is 0 Å². The fraction of sp³-hybridized carbons (Fsp3) is 0.521. The van der Waals surface area contributed by atoms with Crippen LogP contribution in [0.2, 0.25) is 0 Å². The lowest BCUT2D eigenvalue weighted by Crippen LogP contribution is -2.49. The van der Waals surface area contributed by atoms with E-state index in [9.17, 15) is 9.90 Å². The third-order valence-electron chi connectivity index (χ3n) is 11.3. The highest BCUT2D eigenvalue weighted by Crippen LogP contribution is 2.29. The molecule has 2 aromatic carbocycles. The number of nitrogens with zero attached hydrogens (tertiary/aromatic N) is 4. The molecule has 2 aromatic heterocycles. The Bertz CT molecular complexity index is 1900. The highest BCUT2D eigenvalue weighted by atomic mass is 16.5. The number of aliphatic hydroxyl groups is 1. The Labute approximate surface area is 342 Å². The van der Waals surface area contributed by atoms with E-state index in [1.807, 2.05) is 34.0 Å². The van der Waals surface area contributed by atoms with Crippen molar-refractivity contribution in [2.75, 3.05) is 38.7 Å². The molecule has 0 aliphatic carbocycles. The number of anilines is 2. The number of ether oxygens (including phenoxy) is 1. The first-order chi connectivity index (χ1) is 27.4. The minimum atomic E-state index is -0.181. The van der Waals surface area contributed by atoms with E-state index in [-0.39, 0.29) is 18.0 Å². The van der Waals surface area contributed by atoms with Crippen molar-refractivity contribution < 1.29 is 14.6 Å². The van der Waals surface area contributed by atoms with Gasteiger partial charge in [-0.1, -0.05) is 101 Å². The number of nitrogens with two attached hydrogens (primary N) is 2. The van der Waals surface area contributed by atoms with Crippen molar-refractivity contribution in [3.05, 3.63) is 110 Å². The Morgan fingerprint density at radius 3 is 1.98 bits per heavy atom. The molecule has 9 nitrogen and oxygen atoms in total. The molecule has 9 heteroatoms. The van der Waals surface area contributed by atoms with Gasteiger partial charge in [-0.3, -0.25) is 9.69 Å². The molecule has 0 amide bonds. The summed E-state index contributed by atoms with van der Waals surface area (Å²) >= 11 is 0. The van der Waals surface area contributed by atoms with E-state index in [1.165, 1.54) is 23.1 Å². The molecule has 0 radical (unpaired) electrons. The quantitative estimate of drug-likeness (QED) is 0.0409. The zero-order valence-electron chi connectivity index (χ0n) is 35.6. The molecule has 1 aliphatic rings. The van der Waals surface area contributed by atoms with E-state index in [2.05, 4.69) is 77.2 Å². The predicted molar refractivity (Wildman–Crippen MR) is 233 cm³/mol. The van der Waals surface area contributed by atoms with Crippen LogP contribution in [0.3, 0.4) is 0 Å². The summed E-state index contributed by atoms with van der Waals surface area (Å²) in [5.41, 5.74) is 23.8. The Hall–Kier alpha value is -4.31. The largest absolute Gasteiger partial charge is 0.426 e. The van der Waals surface area contributed by atoms with Crippen LogP contribution in [0, 0.1) is 19.8 Å². The average Bonchev–Trinajstić information content (AvgIpc) is 3.14. The Morgan fingerprint density at radius 2 is 1.37 bits per heavy atom. The number of aryl methyl sites for hydroxylation is 4. The second-order valence-corrected chi connectivity index (χ2v) is 16.9. The maximum Gasteiger partial charge on any atom is 0.311 e. The lowest BCUT2D eigenvalue weighted by Gasteiger charge is -2.35. The van der Waals surface area contributed by atoms with Crippen LogP contribution in [0.1, 0.15) is 128 Å². The van der Waals surface area contributed by atoms with Gasteiger partial charge in [0.25, 0.3) is 0 Å². The molecule has 5 N–H and O–H groups in total. The minimum Gasteiger partial charge on any atom is -0.426 e. The number of unbranched alkanes of at least 4 members (excludes halogenated alkanes) is 5. The molecule has 1 unspecified atom stereocenters. The monoisotopic (exact) mass is 777 g/mol. The van der Waals surface area contributed by atoms with Crippen LogP contribution in [0.5, 0.6) is 5.75 Å². The number of esters is 1. The Balaban J connectivity index is 1.08. The van der Waals surface area contributed by atoms with Crippen molar-refractivity contribution in [2.24, 2.45) is 5.92 Å². The number of aromatic nitrogens is 2. The van der Waals surface area contributed by atoms with Gasteiger partial charge in [0.05, 0.1) is 6.10 Å². The summed E-state index contributed by atoms with van der Waals surface area (Å²) in [5, 5.41) is 9.57. The first kappa shape index (κ1) is 43.8. The second kappa shape index (κ2) is 21.4. The number of β-amino-alcohol motifs (C(OH)–C–C–N with tert-alkyl or cyclic N) is 1. The molecule has 5 rings (SSSR count). The topological polar surface area (TPSA) is 131 Å². The van der Waals surface area contributed by atoms with Crippen LogP contribution in [0.25, 0.3) is 0 Å². The minimum absolute atomic E-state index is 0.173. The second-order valence-electron chi connectivity index (χ2n) is 16.9. The van der Waals surface area contributed by atoms with Crippen molar-refractivity contribution in [1.82, 2.24) is 19.8 Å². The van der Waals surface area contributed by atoms with Crippen LogP contribution in [0.15, 0.2) is 54.6 Å². The molecule has 1 atom stereocenters. The number of likely N-dealkylation sites (tertiary alicyclic amines) is 1. The van der Waals surface area contributed by atoms with Crippen LogP contribution in [-0.2, 0) is 43.6 Å². The van der Waals surface area contributed by atoms with E-state index in [0.29, 0.717) is 30.2 Å². The molecule has 0 bridgehead atoms. The smallest absolute Gasteiger partial charge is 0.311 e. The summed E-state index contributed by atoms with van der Waals surface area (Å²) in [5.74, 6) is 1.95. The zero-order valence-corrected chi connectivity index (χ0v) is 35.6. The standard InChI is InChI=1S/C48H68N6O3/c1-7-8-11-15-40-28-43(35(4)52-47(40)49)26-39-22-21-38(29-53(5)6)25-45(39)57-46(56)23-33(2)14-12-9-10-13-16-41-27-42(34(3)51-48(41)50)24-36-17-19-37(20-18-36)30-54-31-44(55)32-54/h17-22,25,27-28,33,44,55H,7-16,23-24,26,29-32H2,1-6H3,(H2,49,52)(H2,50,51). The van der Waals surface area contributed by atoms with Gasteiger partial charge in [-0.05, 0) is 117 Å². The fourth-order valence-electron chi connectivity index (χ4n) is 7.88. The Kier molecular flexibility index (Phi) is 16.5. The van der Waals surface area contributed by atoms with Gasteiger partial charge in [0, 0.05) is 50.4 Å². The first-order valence-electron chi connectivity index (χ1n) is 21.3. The maximum absolute atomic E-state index is 13.4. The normalized spacial score (nSPS) is 13.9. The van der Waals surface area contributed by atoms with Crippen molar-refractivity contribution >= 4 is 17.6 Å². The van der Waals surface area contributed by atoms with Crippen LogP contribution < -0.4 is 16.2 Å². The van der Waals surface area contributed by atoms with E-state index in [0.717, 1.165) is 130 Å². The van der Waals surface area contributed by atoms with Gasteiger partial charge in [0.15, 0.2) is 0 Å². The lowest BCUT2D eigenvalue weighted by molar-refractivity contribution is -0.135. The molecule has 1 saturated heterocycles. The number of hydrogen-bond acceptors (Lipinski definition) is 9. The number of aliphatic hydroxyl groups excluding tert-OH is 1. The molecule has 0 saturated carbocycles. The molecule has 1 fully saturated rings. The molecule has 4 aromatic rings. The van der Waals surface area contributed by atoms with Gasteiger partial charge >= 0.3 is 5.97 Å². The summed E-state index contributed by atoms with van der Waals surface area (Å²) < 4.78 is 6.14. The average molecular weight is 777 g/mol. The third-order valence-corrected chi connectivity index (χ3v) is 11.3. The number of carbonyl (C=O) groups is 1. The Morgan fingerprint density at radius 1 is 0.789 bits per heavy atom. The van der Waals surface area contributed by atoms with E-state index in [4.69, 9.17) is 21.2 Å². The molecule has 57 heavy (non-hydrogen) atoms. The fourth-order valence-corrected chi connectivity index (χ4v) is 7.88. The first-order valence-corrected chi connectivity index (χ1v) is 21.3. The molecule has 1 aliphatic heterocycles. The highest BCUT2D eigenvalue weighted by molar-refractivity contribution is 5.73. The van der Waals surface area contributed by atoms with Gasteiger partial charge in [-0.2, -0.15) is 0 Å². The van der Waals surface area contributed by atoms with Crippen molar-refractivity contribution in [1.29, 1.82) is 0 Å². The number of pyridine rings is 2. The van der Waals surface area contributed by atoms with Gasteiger partial charge < -0.3 is 26.2 Å². The number of hydrogen-bond donors (Lipinski definition) is 3. The van der Waals surface area contributed by atoms with E-state index < -0.39 is 0 Å². The van der Waals surface area contributed by atoms with Crippen molar-refractivity contribution in [2.45, 2.75) is 130 Å². The number of carbonyl (C=O) groups excluding carboxylic acids is 1. The summed E-state index contributed by atoms with van der Waals surface area (Å²) in [4.78, 5) is 27.1. The SMILES string of the molecule is CCCCCc1cc(Cc2ccc(CN(C)C)cc2OC(=O)CC(C)CCCCCCc2cc(Cc3ccc(CN4CC(O)C4)cc3)c(C)nc2N)c(C)nc1N. The maximum atomic E-state index is 13.4. The van der Waals surface area contributed by atoms with Crippen molar-refractivity contribution in [3.63, 3.8) is 0 Å². The number of rotatable bonds is 22. The van der Waals surface area contributed by atoms with Crippen LogP contribution in [-0.4, -0.2) is 64.1 Å². The molecular weight excluding hydrogens is 709 g/mol. The summed E-state index contributed by atoms with van der Waals surface area (Å²) in [6.45, 7) is 11.6. The summed E-state index contributed by atoms with van der Waals surface area (Å²) in [7, 11) is 4.09. The number of benzene rings is 2. The summed E-state index contributed by atoms with van der Waals surface area (Å²) in [6.07, 6.45) is 12.3.